The van der Waals surface area contributed by atoms with Crippen molar-refractivity contribution in [3.8, 4) is 17.1 Å². The van der Waals surface area contributed by atoms with Gasteiger partial charge in [0.25, 0.3) is 0 Å². The number of morpholine rings is 1. The highest BCUT2D eigenvalue weighted by Crippen LogP contribution is 2.30. The van der Waals surface area contributed by atoms with E-state index in [9.17, 15) is 0 Å². The molecule has 0 spiro atoms. The Balaban J connectivity index is 1.56. The van der Waals surface area contributed by atoms with Crippen molar-refractivity contribution in [2.24, 2.45) is 0 Å². The van der Waals surface area contributed by atoms with E-state index in [1.807, 2.05) is 12.1 Å². The Morgan fingerprint density at radius 2 is 1.69 bits per heavy atom. The summed E-state index contributed by atoms with van der Waals surface area (Å²) in [6.07, 6.45) is 0. The number of hydrogen-bond acceptors (Lipinski definition) is 4. The summed E-state index contributed by atoms with van der Waals surface area (Å²) in [5.74, 6) is 0.615. The minimum atomic E-state index is 0.615. The van der Waals surface area contributed by atoms with Crippen molar-refractivity contribution < 1.29 is 14.4 Å². The zero-order valence-corrected chi connectivity index (χ0v) is 15.1. The molecule has 1 saturated heterocycles. The third-order valence-corrected chi connectivity index (χ3v) is 4.87. The van der Waals surface area contributed by atoms with E-state index in [-0.39, 0.29) is 0 Å². The lowest BCUT2D eigenvalue weighted by Gasteiger charge is -2.23. The van der Waals surface area contributed by atoms with Crippen LogP contribution >= 0.6 is 0 Å². The van der Waals surface area contributed by atoms with E-state index in [0.717, 1.165) is 54.9 Å². The number of ether oxygens (including phenoxy) is 2. The number of nitrogens with one attached hydrogen (secondary N) is 1. The maximum atomic E-state index is 6.00. The molecule has 1 aromatic heterocycles. The average Bonchev–Trinajstić information content (AvgIpc) is 2.70. The molecule has 3 aromatic rings. The number of benzene rings is 2. The second-order valence-electron chi connectivity index (χ2n) is 6.73. The number of quaternary nitrogens is 1. The molecule has 0 atom stereocenters. The molecule has 4 rings (SSSR count). The Kier molecular flexibility index (Phi) is 5.09. The van der Waals surface area contributed by atoms with Gasteiger partial charge in [0, 0.05) is 16.3 Å². The van der Waals surface area contributed by atoms with Gasteiger partial charge in [0.2, 0.25) is 5.88 Å². The van der Waals surface area contributed by atoms with Crippen LogP contribution in [0.25, 0.3) is 22.0 Å². The Labute approximate surface area is 153 Å². The summed E-state index contributed by atoms with van der Waals surface area (Å²) < 4.78 is 11.4. The molecule has 0 unspecified atom stereocenters. The van der Waals surface area contributed by atoms with Crippen LogP contribution in [0.3, 0.4) is 0 Å². The molecule has 1 aliphatic rings. The lowest BCUT2D eigenvalue weighted by atomic mass is 10.0. The van der Waals surface area contributed by atoms with Crippen molar-refractivity contribution >= 4 is 10.8 Å². The van der Waals surface area contributed by atoms with Gasteiger partial charge in [0.15, 0.2) is 0 Å². The van der Waals surface area contributed by atoms with Crippen molar-refractivity contribution in [1.29, 1.82) is 0 Å². The maximum absolute atomic E-state index is 6.00. The standard InChI is InChI=1S/C21H23N3O2/c1-16-6-8-17(9-7-16)20-18-4-2-3-5-19(18)21(23-22-20)26-15-12-24-10-13-25-14-11-24/h2-9H,10-15H2,1H3/p+1. The monoisotopic (exact) mass is 350 g/mol. The summed E-state index contributed by atoms with van der Waals surface area (Å²) in [5.41, 5.74) is 3.20. The lowest BCUT2D eigenvalue weighted by Crippen LogP contribution is -3.14. The van der Waals surface area contributed by atoms with Gasteiger partial charge in [0.1, 0.15) is 31.9 Å². The fourth-order valence-electron chi connectivity index (χ4n) is 3.31. The molecular weight excluding hydrogens is 326 g/mol. The highest BCUT2D eigenvalue weighted by molar-refractivity contribution is 5.96. The number of rotatable bonds is 5. The molecule has 1 aliphatic heterocycles. The highest BCUT2D eigenvalue weighted by Gasteiger charge is 2.15. The van der Waals surface area contributed by atoms with Crippen LogP contribution in [0, 0.1) is 6.92 Å². The zero-order chi connectivity index (χ0) is 17.8. The van der Waals surface area contributed by atoms with Crippen LogP contribution in [0.15, 0.2) is 48.5 Å². The van der Waals surface area contributed by atoms with Gasteiger partial charge in [-0.2, -0.15) is 0 Å². The summed E-state index contributed by atoms with van der Waals surface area (Å²) >= 11 is 0. The summed E-state index contributed by atoms with van der Waals surface area (Å²) in [5, 5.41) is 10.9. The van der Waals surface area contributed by atoms with Crippen LogP contribution < -0.4 is 9.64 Å². The molecule has 0 aliphatic carbocycles. The maximum Gasteiger partial charge on any atom is 0.241 e. The summed E-state index contributed by atoms with van der Waals surface area (Å²) in [4.78, 5) is 1.52. The third-order valence-electron chi connectivity index (χ3n) is 4.87. The Hall–Kier alpha value is -2.50. The average molecular weight is 350 g/mol. The first-order valence-electron chi connectivity index (χ1n) is 9.18. The van der Waals surface area contributed by atoms with Gasteiger partial charge < -0.3 is 14.4 Å². The Morgan fingerprint density at radius 1 is 0.962 bits per heavy atom. The smallest absolute Gasteiger partial charge is 0.241 e. The lowest BCUT2D eigenvalue weighted by molar-refractivity contribution is -0.908. The molecule has 1 fully saturated rings. The van der Waals surface area contributed by atoms with Gasteiger partial charge in [-0.15, -0.1) is 10.2 Å². The van der Waals surface area contributed by atoms with E-state index in [0.29, 0.717) is 12.5 Å². The van der Waals surface area contributed by atoms with Crippen molar-refractivity contribution in [2.45, 2.75) is 6.92 Å². The van der Waals surface area contributed by atoms with Crippen LogP contribution in [0.4, 0.5) is 0 Å². The minimum absolute atomic E-state index is 0.615. The Morgan fingerprint density at radius 3 is 2.46 bits per heavy atom. The van der Waals surface area contributed by atoms with Crippen molar-refractivity contribution in [1.82, 2.24) is 10.2 Å². The molecule has 2 aromatic carbocycles. The largest absolute Gasteiger partial charge is 0.470 e. The first-order valence-corrected chi connectivity index (χ1v) is 9.18. The quantitative estimate of drug-likeness (QED) is 0.764. The minimum Gasteiger partial charge on any atom is -0.470 e. The third kappa shape index (κ3) is 3.69. The van der Waals surface area contributed by atoms with Crippen molar-refractivity contribution in [2.75, 3.05) is 39.5 Å². The van der Waals surface area contributed by atoms with Gasteiger partial charge in [0.05, 0.1) is 13.2 Å². The molecular formula is C21H24N3O2+. The van der Waals surface area contributed by atoms with Gasteiger partial charge in [-0.1, -0.05) is 48.0 Å². The van der Waals surface area contributed by atoms with Gasteiger partial charge in [-0.3, -0.25) is 0 Å². The molecule has 134 valence electrons. The molecule has 0 bridgehead atoms. The summed E-state index contributed by atoms with van der Waals surface area (Å²) in [6.45, 7) is 7.44. The number of nitrogens with zero attached hydrogens (tertiary/aromatic N) is 2. The van der Waals surface area contributed by atoms with Gasteiger partial charge in [-0.25, -0.2) is 0 Å². The van der Waals surface area contributed by atoms with Crippen LogP contribution in [0.2, 0.25) is 0 Å². The van der Waals surface area contributed by atoms with Crippen LogP contribution in [-0.4, -0.2) is 49.7 Å². The van der Waals surface area contributed by atoms with E-state index in [2.05, 4.69) is 53.5 Å². The van der Waals surface area contributed by atoms with E-state index < -0.39 is 0 Å². The summed E-state index contributed by atoms with van der Waals surface area (Å²) in [7, 11) is 0. The fraction of sp³-hybridized carbons (Fsp3) is 0.333. The molecule has 1 N–H and O–H groups in total. The van der Waals surface area contributed by atoms with E-state index in [1.165, 1.54) is 10.5 Å². The highest BCUT2D eigenvalue weighted by atomic mass is 16.5. The second-order valence-corrected chi connectivity index (χ2v) is 6.73. The number of aromatic nitrogens is 2. The second kappa shape index (κ2) is 7.81. The molecule has 5 heteroatoms. The molecule has 0 radical (unpaired) electrons. The van der Waals surface area contributed by atoms with Crippen LogP contribution in [0.1, 0.15) is 5.56 Å². The number of aryl methyl sites for hydroxylation is 1. The topological polar surface area (TPSA) is 48.7 Å². The SMILES string of the molecule is Cc1ccc(-c2nnc(OCC[NH+]3CCOCC3)c3ccccc23)cc1. The van der Waals surface area contributed by atoms with E-state index in [1.54, 1.807) is 0 Å². The molecule has 2 heterocycles. The zero-order valence-electron chi connectivity index (χ0n) is 15.1. The number of fused-ring (bicyclic) bond motifs is 1. The number of hydrogen-bond donors (Lipinski definition) is 1. The molecule has 26 heavy (non-hydrogen) atoms. The van der Waals surface area contributed by atoms with Gasteiger partial charge in [-0.05, 0) is 13.0 Å². The van der Waals surface area contributed by atoms with E-state index in [4.69, 9.17) is 9.47 Å². The predicted molar refractivity (Wildman–Crippen MR) is 102 cm³/mol. The fourth-order valence-corrected chi connectivity index (χ4v) is 3.31. The molecule has 0 amide bonds. The predicted octanol–water partition coefficient (Wildman–Crippen LogP) is 1.90. The first-order chi connectivity index (χ1) is 12.8. The van der Waals surface area contributed by atoms with Gasteiger partial charge >= 0.3 is 0 Å². The summed E-state index contributed by atoms with van der Waals surface area (Å²) in [6, 6.07) is 16.6. The van der Waals surface area contributed by atoms with Crippen molar-refractivity contribution in [3.63, 3.8) is 0 Å². The van der Waals surface area contributed by atoms with Crippen LogP contribution in [0.5, 0.6) is 5.88 Å². The van der Waals surface area contributed by atoms with Crippen LogP contribution in [-0.2, 0) is 4.74 Å². The Bertz CT molecular complexity index is 874. The first kappa shape index (κ1) is 16.9. The normalized spacial score (nSPS) is 15.3. The molecule has 5 nitrogen and oxygen atoms in total. The van der Waals surface area contributed by atoms with E-state index >= 15 is 0 Å². The molecule has 0 saturated carbocycles. The van der Waals surface area contributed by atoms with Crippen molar-refractivity contribution in [3.05, 3.63) is 54.1 Å².